The maximum Gasteiger partial charge on any atom is 0.333 e. The second kappa shape index (κ2) is 8.15. The molecule has 0 atom stereocenters. The average Bonchev–Trinajstić information content (AvgIpc) is 2.64. The van der Waals surface area contributed by atoms with Crippen LogP contribution in [0.2, 0.25) is 0 Å². The number of hydrogen-bond acceptors (Lipinski definition) is 5. The van der Waals surface area contributed by atoms with Gasteiger partial charge in [-0.05, 0) is 50.1 Å². The molecule has 26 heavy (non-hydrogen) atoms. The molecule has 3 aromatic rings. The molecule has 0 unspecified atom stereocenters. The Hall–Kier alpha value is -2.66. The van der Waals surface area contributed by atoms with Gasteiger partial charge in [-0.3, -0.25) is 4.79 Å². The van der Waals surface area contributed by atoms with Gasteiger partial charge >= 0.3 is 5.97 Å². The number of ether oxygens (including phenoxy) is 2. The van der Waals surface area contributed by atoms with E-state index in [0.717, 1.165) is 33.4 Å². The molecule has 0 aliphatic carbocycles. The Morgan fingerprint density at radius 3 is 2.58 bits per heavy atom. The van der Waals surface area contributed by atoms with Crippen molar-refractivity contribution in [2.75, 3.05) is 13.2 Å². The highest BCUT2D eigenvalue weighted by molar-refractivity contribution is 7.24. The first kappa shape index (κ1) is 18.1. The van der Waals surface area contributed by atoms with Crippen LogP contribution < -0.4 is 10.2 Å². The second-order valence-corrected chi connectivity index (χ2v) is 7.14. The molecule has 1 heterocycles. The third-order valence-electron chi connectivity index (χ3n) is 3.94. The minimum absolute atomic E-state index is 0.0558. The second-order valence-electron chi connectivity index (χ2n) is 6.06. The summed E-state index contributed by atoms with van der Waals surface area (Å²) in [6.45, 7) is 6.05. The summed E-state index contributed by atoms with van der Waals surface area (Å²) in [5.74, 6) is 0.380. The van der Waals surface area contributed by atoms with Crippen molar-refractivity contribution in [2.24, 2.45) is 0 Å². The van der Waals surface area contributed by atoms with Crippen molar-refractivity contribution in [2.45, 2.75) is 19.8 Å². The summed E-state index contributed by atoms with van der Waals surface area (Å²) in [6.07, 6.45) is 1.50. The van der Waals surface area contributed by atoms with Gasteiger partial charge in [-0.1, -0.05) is 18.7 Å². The van der Waals surface area contributed by atoms with E-state index in [1.165, 1.54) is 0 Å². The number of benzene rings is 2. The van der Waals surface area contributed by atoms with E-state index < -0.39 is 0 Å². The van der Waals surface area contributed by atoms with Gasteiger partial charge < -0.3 is 9.47 Å². The fraction of sp³-hybridized carbons (Fsp3) is 0.238. The van der Waals surface area contributed by atoms with Crippen molar-refractivity contribution in [3.63, 3.8) is 0 Å². The molecule has 0 radical (unpaired) electrons. The largest absolute Gasteiger partial charge is 0.494 e. The standard InChI is InChI=1S/C21H20O4S/c1-14(2)21(23)25-12-6-5-11-24-15-9-10-17-19(13-15)26-18-8-4-3-7-16(18)20(17)22/h3-4,7-10,13H,1,5-6,11-12H2,2H3. The number of carbonyl (C=O) groups excluding carboxylic acids is 1. The Morgan fingerprint density at radius 1 is 1.04 bits per heavy atom. The van der Waals surface area contributed by atoms with Gasteiger partial charge in [0.15, 0.2) is 5.43 Å². The lowest BCUT2D eigenvalue weighted by Gasteiger charge is -2.08. The molecule has 0 fully saturated rings. The molecule has 2 aromatic carbocycles. The predicted octanol–water partition coefficient (Wildman–Crippen LogP) is 4.69. The lowest BCUT2D eigenvalue weighted by molar-refractivity contribution is -0.139. The molecular weight excluding hydrogens is 348 g/mol. The summed E-state index contributed by atoms with van der Waals surface area (Å²) in [5.41, 5.74) is 0.462. The van der Waals surface area contributed by atoms with Crippen LogP contribution in [0.25, 0.3) is 20.2 Å². The highest BCUT2D eigenvalue weighted by atomic mass is 32.1. The van der Waals surface area contributed by atoms with Crippen LogP contribution in [0.4, 0.5) is 0 Å². The Labute approximate surface area is 155 Å². The van der Waals surface area contributed by atoms with Crippen molar-refractivity contribution in [3.05, 3.63) is 64.8 Å². The molecule has 4 nitrogen and oxygen atoms in total. The van der Waals surface area contributed by atoms with E-state index in [4.69, 9.17) is 9.47 Å². The van der Waals surface area contributed by atoms with Gasteiger partial charge in [0.1, 0.15) is 5.75 Å². The summed E-state index contributed by atoms with van der Waals surface area (Å²) in [5, 5.41) is 1.47. The molecule has 3 rings (SSSR count). The van der Waals surface area contributed by atoms with Gasteiger partial charge in [-0.15, -0.1) is 11.3 Å². The lowest BCUT2D eigenvalue weighted by atomic mass is 10.2. The van der Waals surface area contributed by atoms with Gasteiger partial charge in [-0.2, -0.15) is 0 Å². The van der Waals surface area contributed by atoms with E-state index in [0.29, 0.717) is 24.2 Å². The fourth-order valence-electron chi connectivity index (χ4n) is 2.55. The molecule has 0 amide bonds. The number of hydrogen-bond donors (Lipinski definition) is 0. The SMILES string of the molecule is C=C(C)C(=O)OCCCCOc1ccc2c(=O)c3ccccc3sc2c1. The Bertz CT molecular complexity index is 1020. The van der Waals surface area contributed by atoms with Gasteiger partial charge in [0.25, 0.3) is 0 Å². The normalized spacial score (nSPS) is 10.8. The first-order chi connectivity index (χ1) is 12.6. The van der Waals surface area contributed by atoms with E-state index in [1.807, 2.05) is 42.5 Å². The van der Waals surface area contributed by atoms with E-state index in [-0.39, 0.29) is 11.4 Å². The van der Waals surface area contributed by atoms with E-state index >= 15 is 0 Å². The molecule has 134 valence electrons. The predicted molar refractivity (Wildman–Crippen MR) is 106 cm³/mol. The van der Waals surface area contributed by atoms with Crippen LogP contribution in [0.5, 0.6) is 5.75 Å². The first-order valence-electron chi connectivity index (χ1n) is 8.47. The number of unbranched alkanes of at least 4 members (excludes halogenated alkanes) is 1. The number of carbonyl (C=O) groups is 1. The minimum Gasteiger partial charge on any atom is -0.494 e. The molecule has 0 N–H and O–H groups in total. The van der Waals surface area contributed by atoms with Crippen molar-refractivity contribution < 1.29 is 14.3 Å². The highest BCUT2D eigenvalue weighted by Gasteiger charge is 2.07. The summed E-state index contributed by atoms with van der Waals surface area (Å²) < 4.78 is 12.7. The summed E-state index contributed by atoms with van der Waals surface area (Å²) in [7, 11) is 0. The zero-order valence-corrected chi connectivity index (χ0v) is 15.4. The Balaban J connectivity index is 1.61. The molecule has 0 aliphatic heterocycles. The number of rotatable bonds is 7. The number of fused-ring (bicyclic) bond motifs is 2. The van der Waals surface area contributed by atoms with Crippen LogP contribution in [-0.4, -0.2) is 19.2 Å². The van der Waals surface area contributed by atoms with Crippen LogP contribution in [0.15, 0.2) is 59.4 Å². The van der Waals surface area contributed by atoms with Gasteiger partial charge in [0.2, 0.25) is 0 Å². The molecule has 0 saturated heterocycles. The zero-order valence-electron chi connectivity index (χ0n) is 14.6. The smallest absolute Gasteiger partial charge is 0.333 e. The van der Waals surface area contributed by atoms with E-state index in [2.05, 4.69) is 6.58 Å². The molecule has 0 spiro atoms. The quantitative estimate of drug-likeness (QED) is 0.263. The van der Waals surface area contributed by atoms with Gasteiger partial charge in [0, 0.05) is 25.7 Å². The molecular formula is C21H20O4S. The summed E-state index contributed by atoms with van der Waals surface area (Å²) >= 11 is 1.59. The molecule has 0 saturated carbocycles. The monoisotopic (exact) mass is 368 g/mol. The average molecular weight is 368 g/mol. The van der Waals surface area contributed by atoms with Crippen molar-refractivity contribution in [1.82, 2.24) is 0 Å². The van der Waals surface area contributed by atoms with E-state index in [1.54, 1.807) is 18.3 Å². The molecule has 5 heteroatoms. The minimum atomic E-state index is -0.359. The molecule has 0 bridgehead atoms. The third-order valence-corrected chi connectivity index (χ3v) is 5.07. The van der Waals surface area contributed by atoms with Crippen LogP contribution in [0, 0.1) is 0 Å². The van der Waals surface area contributed by atoms with Gasteiger partial charge in [0.05, 0.1) is 13.2 Å². The number of esters is 1. The summed E-state index contributed by atoms with van der Waals surface area (Å²) in [4.78, 5) is 23.8. The highest BCUT2D eigenvalue weighted by Crippen LogP contribution is 2.27. The van der Waals surface area contributed by atoms with Crippen LogP contribution >= 0.6 is 11.3 Å². The first-order valence-corrected chi connectivity index (χ1v) is 9.29. The van der Waals surface area contributed by atoms with Crippen LogP contribution in [0.1, 0.15) is 19.8 Å². The Kier molecular flexibility index (Phi) is 5.68. The maximum atomic E-state index is 12.6. The fourth-order valence-corrected chi connectivity index (χ4v) is 3.65. The lowest BCUT2D eigenvalue weighted by Crippen LogP contribution is -2.07. The van der Waals surface area contributed by atoms with E-state index in [9.17, 15) is 9.59 Å². The Morgan fingerprint density at radius 2 is 1.77 bits per heavy atom. The van der Waals surface area contributed by atoms with Crippen LogP contribution in [0.3, 0.4) is 0 Å². The topological polar surface area (TPSA) is 52.6 Å². The van der Waals surface area contributed by atoms with Gasteiger partial charge in [-0.25, -0.2) is 4.79 Å². The summed E-state index contributed by atoms with van der Waals surface area (Å²) in [6, 6.07) is 13.2. The maximum absolute atomic E-state index is 12.6. The van der Waals surface area contributed by atoms with Crippen molar-refractivity contribution >= 4 is 37.5 Å². The zero-order chi connectivity index (χ0) is 18.5. The molecule has 0 aliphatic rings. The van der Waals surface area contributed by atoms with Crippen LogP contribution in [-0.2, 0) is 9.53 Å². The van der Waals surface area contributed by atoms with Crippen molar-refractivity contribution in [3.8, 4) is 5.75 Å². The third kappa shape index (κ3) is 4.11. The van der Waals surface area contributed by atoms with Crippen molar-refractivity contribution in [1.29, 1.82) is 0 Å². The molecule has 1 aromatic heterocycles.